The fourth-order valence-corrected chi connectivity index (χ4v) is 1.19. The zero-order chi connectivity index (χ0) is 12.8. The third-order valence-corrected chi connectivity index (χ3v) is 2.13. The molecule has 0 heterocycles. The lowest BCUT2D eigenvalue weighted by Crippen LogP contribution is -2.15. The highest BCUT2D eigenvalue weighted by Crippen LogP contribution is 2.27. The van der Waals surface area contributed by atoms with E-state index in [0.29, 0.717) is 11.3 Å². The fraction of sp³-hybridized carbons (Fsp3) is 0.462. The third-order valence-electron chi connectivity index (χ3n) is 2.13. The van der Waals surface area contributed by atoms with E-state index in [1.54, 1.807) is 26.0 Å². The van der Waals surface area contributed by atoms with Gasteiger partial charge in [0.15, 0.2) is 0 Å². The van der Waals surface area contributed by atoms with Crippen LogP contribution in [-0.2, 0) is 5.41 Å². The van der Waals surface area contributed by atoms with Crippen molar-refractivity contribution in [3.8, 4) is 11.8 Å². The highest BCUT2D eigenvalue weighted by molar-refractivity contribution is 5.36. The van der Waals surface area contributed by atoms with Gasteiger partial charge in [-0.2, -0.15) is 5.26 Å². The van der Waals surface area contributed by atoms with Crippen LogP contribution in [0.15, 0.2) is 18.2 Å². The molecular weight excluding hydrogens is 205 g/mol. The Labute approximate surface area is 96.7 Å². The summed E-state index contributed by atoms with van der Waals surface area (Å²) in [4.78, 5) is 0. The Kier molecular flexibility index (Phi) is 5.52. The van der Waals surface area contributed by atoms with E-state index in [1.165, 1.54) is 13.2 Å². The van der Waals surface area contributed by atoms with Gasteiger partial charge in [-0.25, -0.2) is 4.39 Å². The molecule has 1 rings (SSSR count). The molecule has 0 radical (unpaired) electrons. The van der Waals surface area contributed by atoms with Crippen LogP contribution in [0.5, 0.6) is 5.75 Å². The first kappa shape index (κ1) is 14.4. The van der Waals surface area contributed by atoms with Crippen molar-refractivity contribution in [3.05, 3.63) is 29.6 Å². The second kappa shape index (κ2) is 6.12. The number of nitriles is 1. The molecule has 0 atom stereocenters. The highest BCUT2D eigenvalue weighted by Gasteiger charge is 2.23. The summed E-state index contributed by atoms with van der Waals surface area (Å²) >= 11 is 0. The van der Waals surface area contributed by atoms with E-state index in [9.17, 15) is 4.39 Å². The normalized spacial score (nSPS) is 9.81. The monoisotopic (exact) mass is 223 g/mol. The summed E-state index contributed by atoms with van der Waals surface area (Å²) < 4.78 is 18.4. The number of hydrogen-bond donors (Lipinski definition) is 0. The Morgan fingerprint density at radius 2 is 1.88 bits per heavy atom. The van der Waals surface area contributed by atoms with Crippen molar-refractivity contribution >= 4 is 0 Å². The van der Waals surface area contributed by atoms with Crippen LogP contribution in [0.3, 0.4) is 0 Å². The molecule has 0 aromatic heterocycles. The van der Waals surface area contributed by atoms with Gasteiger partial charge in [0.05, 0.1) is 18.6 Å². The van der Waals surface area contributed by atoms with E-state index < -0.39 is 11.2 Å². The van der Waals surface area contributed by atoms with Crippen molar-refractivity contribution in [2.75, 3.05) is 7.11 Å². The minimum atomic E-state index is -0.809. The zero-order valence-electron chi connectivity index (χ0n) is 10.5. The molecule has 0 saturated carbocycles. The molecule has 88 valence electrons. The Morgan fingerprint density at radius 3 is 2.25 bits per heavy atom. The highest BCUT2D eigenvalue weighted by atomic mass is 19.1. The van der Waals surface area contributed by atoms with Crippen LogP contribution in [0.2, 0.25) is 0 Å². The largest absolute Gasteiger partial charge is 0.497 e. The first-order valence-corrected chi connectivity index (χ1v) is 5.26. The molecule has 16 heavy (non-hydrogen) atoms. The topological polar surface area (TPSA) is 33.0 Å². The van der Waals surface area contributed by atoms with E-state index >= 15 is 0 Å². The van der Waals surface area contributed by atoms with Crippen LogP contribution in [0, 0.1) is 17.1 Å². The smallest absolute Gasteiger partial charge is 0.131 e. The number of ether oxygens (including phenoxy) is 1. The Morgan fingerprint density at radius 1 is 1.31 bits per heavy atom. The standard InChI is InChI=1S/C11H12FNO.C2H6/c1-11(2,7-13)9-5-4-8(14-3)6-10(9)12;1-2/h4-6H,1-3H3;1-2H3. The first-order chi connectivity index (χ1) is 7.51. The molecule has 1 aromatic carbocycles. The Balaban J connectivity index is 0.00000106. The molecule has 0 N–H and O–H groups in total. The summed E-state index contributed by atoms with van der Waals surface area (Å²) in [5, 5.41) is 8.85. The summed E-state index contributed by atoms with van der Waals surface area (Å²) in [7, 11) is 1.48. The van der Waals surface area contributed by atoms with E-state index in [2.05, 4.69) is 6.07 Å². The molecule has 0 bridgehead atoms. The molecular formula is C13H18FNO. The molecule has 0 aliphatic rings. The molecule has 0 fully saturated rings. The van der Waals surface area contributed by atoms with E-state index in [1.807, 2.05) is 13.8 Å². The predicted octanol–water partition coefficient (Wildman–Crippen LogP) is 3.66. The van der Waals surface area contributed by atoms with Gasteiger partial charge in [0, 0.05) is 11.6 Å². The molecule has 0 saturated heterocycles. The predicted molar refractivity (Wildman–Crippen MR) is 62.9 cm³/mol. The number of hydrogen-bond acceptors (Lipinski definition) is 2. The van der Waals surface area contributed by atoms with Crippen LogP contribution in [0.25, 0.3) is 0 Å². The summed E-state index contributed by atoms with van der Waals surface area (Å²) in [5.41, 5.74) is -0.420. The van der Waals surface area contributed by atoms with Crippen molar-refractivity contribution in [2.45, 2.75) is 33.1 Å². The van der Waals surface area contributed by atoms with Crippen molar-refractivity contribution in [3.63, 3.8) is 0 Å². The van der Waals surface area contributed by atoms with Crippen molar-refractivity contribution in [1.29, 1.82) is 5.26 Å². The molecule has 0 amide bonds. The lowest BCUT2D eigenvalue weighted by molar-refractivity contribution is 0.409. The number of methoxy groups -OCH3 is 1. The maximum absolute atomic E-state index is 13.5. The fourth-order valence-electron chi connectivity index (χ4n) is 1.19. The summed E-state index contributed by atoms with van der Waals surface area (Å²) in [6.45, 7) is 7.36. The maximum Gasteiger partial charge on any atom is 0.131 e. The lowest BCUT2D eigenvalue weighted by Gasteiger charge is -2.16. The molecule has 0 aliphatic heterocycles. The van der Waals surface area contributed by atoms with Crippen LogP contribution in [-0.4, -0.2) is 7.11 Å². The van der Waals surface area contributed by atoms with E-state index in [0.717, 1.165) is 0 Å². The number of rotatable bonds is 2. The minimum Gasteiger partial charge on any atom is -0.497 e. The molecule has 0 aliphatic carbocycles. The maximum atomic E-state index is 13.5. The van der Waals surface area contributed by atoms with Crippen LogP contribution < -0.4 is 4.74 Å². The first-order valence-electron chi connectivity index (χ1n) is 5.26. The van der Waals surface area contributed by atoms with Gasteiger partial charge in [-0.15, -0.1) is 0 Å². The second-order valence-electron chi connectivity index (χ2n) is 3.58. The van der Waals surface area contributed by atoms with Gasteiger partial charge in [-0.05, 0) is 19.9 Å². The third kappa shape index (κ3) is 3.23. The summed E-state index contributed by atoms with van der Waals surface area (Å²) in [5.74, 6) is 0.0517. The van der Waals surface area contributed by atoms with Crippen molar-refractivity contribution in [2.24, 2.45) is 0 Å². The van der Waals surface area contributed by atoms with Gasteiger partial charge in [0.2, 0.25) is 0 Å². The molecule has 2 nitrogen and oxygen atoms in total. The second-order valence-corrected chi connectivity index (χ2v) is 3.58. The van der Waals surface area contributed by atoms with E-state index in [4.69, 9.17) is 10.00 Å². The van der Waals surface area contributed by atoms with Crippen LogP contribution in [0.1, 0.15) is 33.3 Å². The number of nitrogens with zero attached hydrogens (tertiary/aromatic N) is 1. The number of benzene rings is 1. The average molecular weight is 223 g/mol. The summed E-state index contributed by atoms with van der Waals surface area (Å²) in [6, 6.07) is 6.57. The lowest BCUT2D eigenvalue weighted by atomic mass is 9.86. The van der Waals surface area contributed by atoms with Gasteiger partial charge in [0.25, 0.3) is 0 Å². The Hall–Kier alpha value is -1.56. The van der Waals surface area contributed by atoms with Crippen LogP contribution in [0.4, 0.5) is 4.39 Å². The molecule has 0 spiro atoms. The average Bonchev–Trinajstić information content (AvgIpc) is 2.31. The molecule has 3 heteroatoms. The van der Waals surface area contributed by atoms with Gasteiger partial charge < -0.3 is 4.74 Å². The molecule has 1 aromatic rings. The van der Waals surface area contributed by atoms with E-state index in [-0.39, 0.29) is 0 Å². The SMILES string of the molecule is CC.COc1ccc(C(C)(C)C#N)c(F)c1. The van der Waals surface area contributed by atoms with Gasteiger partial charge in [-0.3, -0.25) is 0 Å². The van der Waals surface area contributed by atoms with Gasteiger partial charge in [0.1, 0.15) is 11.6 Å². The number of halogens is 1. The quantitative estimate of drug-likeness (QED) is 0.766. The minimum absolute atomic E-state index is 0.390. The zero-order valence-corrected chi connectivity index (χ0v) is 10.5. The Bertz CT molecular complexity index is 380. The summed E-state index contributed by atoms with van der Waals surface area (Å²) in [6.07, 6.45) is 0. The van der Waals surface area contributed by atoms with Gasteiger partial charge in [-0.1, -0.05) is 19.9 Å². The van der Waals surface area contributed by atoms with Crippen LogP contribution >= 0.6 is 0 Å². The van der Waals surface area contributed by atoms with Gasteiger partial charge >= 0.3 is 0 Å². The van der Waals surface area contributed by atoms with Crippen molar-refractivity contribution in [1.82, 2.24) is 0 Å². The molecule has 0 unspecified atom stereocenters. The van der Waals surface area contributed by atoms with Crippen molar-refractivity contribution < 1.29 is 9.13 Å².